The summed E-state index contributed by atoms with van der Waals surface area (Å²) >= 11 is 0. The molecule has 58 valence electrons. The van der Waals surface area contributed by atoms with Crippen molar-refractivity contribution in [3.05, 3.63) is 29.8 Å². The van der Waals surface area contributed by atoms with Crippen molar-refractivity contribution >= 4 is 11.9 Å². The van der Waals surface area contributed by atoms with Crippen LogP contribution in [0.4, 0.5) is 5.69 Å². The highest BCUT2D eigenvalue weighted by Crippen LogP contribution is 2.10. The molecule has 0 aliphatic rings. The van der Waals surface area contributed by atoms with Crippen LogP contribution in [0.2, 0.25) is 0 Å². The Morgan fingerprint density at radius 2 is 2.18 bits per heavy atom. The van der Waals surface area contributed by atoms with Crippen LogP contribution in [-0.2, 0) is 0 Å². The van der Waals surface area contributed by atoms with E-state index in [9.17, 15) is 0 Å². The van der Waals surface area contributed by atoms with Crippen LogP contribution < -0.4 is 11.1 Å². The van der Waals surface area contributed by atoms with E-state index in [0.29, 0.717) is 6.67 Å². The number of benzene rings is 1. The van der Waals surface area contributed by atoms with Crippen LogP contribution >= 0.6 is 0 Å². The van der Waals surface area contributed by atoms with Gasteiger partial charge in [0.1, 0.15) is 0 Å². The Labute approximate surface area is 65.7 Å². The van der Waals surface area contributed by atoms with Gasteiger partial charge in [0.05, 0.1) is 6.67 Å². The quantitative estimate of drug-likeness (QED) is 0.443. The van der Waals surface area contributed by atoms with Gasteiger partial charge in [-0.05, 0) is 6.07 Å². The minimum absolute atomic E-state index is 0.394. The van der Waals surface area contributed by atoms with E-state index in [0.717, 1.165) is 11.3 Å². The molecule has 0 bridgehead atoms. The lowest BCUT2D eigenvalue weighted by Crippen LogP contribution is -2.11. The predicted octanol–water partition coefficient (Wildman–Crippen LogP) is 1.01. The Bertz CT molecular complexity index is 245. The molecule has 0 saturated carbocycles. The van der Waals surface area contributed by atoms with Gasteiger partial charge in [-0.2, -0.15) is 0 Å². The fraction of sp³-hybridized carbons (Fsp3) is 0.125. The van der Waals surface area contributed by atoms with Crippen molar-refractivity contribution in [2.24, 2.45) is 5.73 Å². The summed E-state index contributed by atoms with van der Waals surface area (Å²) in [5.41, 5.74) is 7.06. The van der Waals surface area contributed by atoms with Crippen LogP contribution in [-0.4, -0.2) is 12.9 Å². The van der Waals surface area contributed by atoms with Crippen molar-refractivity contribution in [1.29, 1.82) is 5.41 Å². The molecule has 11 heavy (non-hydrogen) atoms. The molecule has 0 aromatic heterocycles. The third-order valence-corrected chi connectivity index (χ3v) is 1.41. The van der Waals surface area contributed by atoms with Crippen LogP contribution in [0.25, 0.3) is 0 Å². The zero-order chi connectivity index (χ0) is 8.10. The summed E-state index contributed by atoms with van der Waals surface area (Å²) < 4.78 is 0. The maximum absolute atomic E-state index is 7.06. The van der Waals surface area contributed by atoms with Gasteiger partial charge in [0, 0.05) is 17.5 Å². The molecule has 1 aromatic carbocycles. The number of nitrogens with two attached hydrogens (primary N) is 1. The highest BCUT2D eigenvalue weighted by atomic mass is 15.0. The largest absolute Gasteiger partial charge is 0.372 e. The van der Waals surface area contributed by atoms with Crippen LogP contribution in [0.5, 0.6) is 0 Å². The van der Waals surface area contributed by atoms with E-state index in [2.05, 4.69) is 5.32 Å². The second kappa shape index (κ2) is 3.73. The molecule has 0 aliphatic heterocycles. The van der Waals surface area contributed by atoms with Gasteiger partial charge in [0.2, 0.25) is 0 Å². The molecule has 0 atom stereocenters. The summed E-state index contributed by atoms with van der Waals surface area (Å²) in [6, 6.07) is 7.56. The van der Waals surface area contributed by atoms with E-state index in [-0.39, 0.29) is 0 Å². The third kappa shape index (κ3) is 1.78. The van der Waals surface area contributed by atoms with Gasteiger partial charge in [-0.25, -0.2) is 0 Å². The standard InChI is InChI=1S/C8H11N3/c9-5-7-3-1-2-4-8(7)11-6-10/h1-5,9,11H,6,10H2. The van der Waals surface area contributed by atoms with Crippen molar-refractivity contribution in [3.8, 4) is 0 Å². The second-order valence-electron chi connectivity index (χ2n) is 2.11. The molecular formula is C8H11N3. The molecule has 0 unspecified atom stereocenters. The van der Waals surface area contributed by atoms with Crippen LogP contribution in [0, 0.1) is 5.41 Å². The monoisotopic (exact) mass is 149 g/mol. The highest BCUT2D eigenvalue weighted by Gasteiger charge is 1.94. The van der Waals surface area contributed by atoms with Crippen molar-refractivity contribution in [2.45, 2.75) is 0 Å². The van der Waals surface area contributed by atoms with Crippen molar-refractivity contribution in [2.75, 3.05) is 12.0 Å². The van der Waals surface area contributed by atoms with E-state index >= 15 is 0 Å². The van der Waals surface area contributed by atoms with Gasteiger partial charge in [-0.3, -0.25) is 0 Å². The highest BCUT2D eigenvalue weighted by molar-refractivity contribution is 5.85. The van der Waals surface area contributed by atoms with E-state index in [1.165, 1.54) is 6.21 Å². The van der Waals surface area contributed by atoms with Gasteiger partial charge in [-0.15, -0.1) is 0 Å². The Hall–Kier alpha value is -1.35. The summed E-state index contributed by atoms with van der Waals surface area (Å²) in [6.45, 7) is 0.394. The van der Waals surface area contributed by atoms with Crippen molar-refractivity contribution < 1.29 is 0 Å². The Balaban J connectivity index is 2.92. The average Bonchev–Trinajstić information content (AvgIpc) is 2.06. The Kier molecular flexibility index (Phi) is 2.63. The zero-order valence-electron chi connectivity index (χ0n) is 6.17. The molecule has 0 fully saturated rings. The summed E-state index contributed by atoms with van der Waals surface area (Å²) in [7, 11) is 0. The molecule has 1 aromatic rings. The van der Waals surface area contributed by atoms with E-state index < -0.39 is 0 Å². The number of nitrogens with one attached hydrogen (secondary N) is 2. The smallest absolute Gasteiger partial charge is 0.0628 e. The minimum atomic E-state index is 0.394. The number of anilines is 1. The van der Waals surface area contributed by atoms with E-state index in [1.54, 1.807) is 0 Å². The van der Waals surface area contributed by atoms with Gasteiger partial charge < -0.3 is 16.5 Å². The normalized spacial score (nSPS) is 9.18. The predicted molar refractivity (Wildman–Crippen MR) is 47.0 cm³/mol. The number of hydrogen-bond donors (Lipinski definition) is 3. The minimum Gasteiger partial charge on any atom is -0.372 e. The van der Waals surface area contributed by atoms with Crippen molar-refractivity contribution in [1.82, 2.24) is 0 Å². The molecule has 0 amide bonds. The molecule has 3 nitrogen and oxygen atoms in total. The first-order chi connectivity index (χ1) is 5.38. The summed E-state index contributed by atoms with van der Waals surface area (Å²) in [5.74, 6) is 0. The van der Waals surface area contributed by atoms with Gasteiger partial charge in [0.25, 0.3) is 0 Å². The molecule has 4 N–H and O–H groups in total. The zero-order valence-corrected chi connectivity index (χ0v) is 6.17. The van der Waals surface area contributed by atoms with Crippen LogP contribution in [0.15, 0.2) is 24.3 Å². The summed E-state index contributed by atoms with van der Waals surface area (Å²) in [5, 5.41) is 10.0. The first kappa shape index (κ1) is 7.75. The maximum atomic E-state index is 7.06. The van der Waals surface area contributed by atoms with E-state index in [4.69, 9.17) is 11.1 Å². The van der Waals surface area contributed by atoms with Crippen molar-refractivity contribution in [3.63, 3.8) is 0 Å². The molecule has 0 aliphatic carbocycles. The van der Waals surface area contributed by atoms with Gasteiger partial charge >= 0.3 is 0 Å². The van der Waals surface area contributed by atoms with Gasteiger partial charge in [0.15, 0.2) is 0 Å². The molecule has 3 heteroatoms. The first-order valence-corrected chi connectivity index (χ1v) is 3.42. The first-order valence-electron chi connectivity index (χ1n) is 3.42. The maximum Gasteiger partial charge on any atom is 0.0628 e. The molecule has 1 rings (SSSR count). The summed E-state index contributed by atoms with van der Waals surface area (Å²) in [4.78, 5) is 0. The Morgan fingerprint density at radius 3 is 2.82 bits per heavy atom. The molecule has 0 saturated heterocycles. The molecule has 0 heterocycles. The molecular weight excluding hydrogens is 138 g/mol. The fourth-order valence-corrected chi connectivity index (χ4v) is 0.894. The topological polar surface area (TPSA) is 61.9 Å². The Morgan fingerprint density at radius 1 is 1.45 bits per heavy atom. The van der Waals surface area contributed by atoms with Crippen LogP contribution in [0.3, 0.4) is 0 Å². The average molecular weight is 149 g/mol. The third-order valence-electron chi connectivity index (χ3n) is 1.41. The number of hydrogen-bond acceptors (Lipinski definition) is 3. The number of para-hydroxylation sites is 1. The summed E-state index contributed by atoms with van der Waals surface area (Å²) in [6.07, 6.45) is 1.30. The molecule has 0 radical (unpaired) electrons. The second-order valence-corrected chi connectivity index (χ2v) is 2.11. The SMILES string of the molecule is N=Cc1ccccc1NCN. The lowest BCUT2D eigenvalue weighted by molar-refractivity contribution is 1.14. The lowest BCUT2D eigenvalue weighted by atomic mass is 10.2. The molecule has 0 spiro atoms. The van der Waals surface area contributed by atoms with Gasteiger partial charge in [-0.1, -0.05) is 18.2 Å². The fourth-order valence-electron chi connectivity index (χ4n) is 0.894. The van der Waals surface area contributed by atoms with E-state index in [1.807, 2.05) is 24.3 Å². The number of rotatable bonds is 3. The van der Waals surface area contributed by atoms with Crippen LogP contribution in [0.1, 0.15) is 5.56 Å². The lowest BCUT2D eigenvalue weighted by Gasteiger charge is -2.04.